The van der Waals surface area contributed by atoms with Crippen molar-refractivity contribution in [1.82, 2.24) is 14.9 Å². The molecule has 2 amide bonds. The molecular weight excluding hydrogens is 354 g/mol. The Morgan fingerprint density at radius 3 is 2.62 bits per heavy atom. The molecule has 26 heavy (non-hydrogen) atoms. The summed E-state index contributed by atoms with van der Waals surface area (Å²) in [4.78, 5) is 24.9. The number of hydrogen-bond donors (Lipinski definition) is 2. The molecule has 7 nitrogen and oxygen atoms in total. The van der Waals surface area contributed by atoms with Gasteiger partial charge in [-0.3, -0.25) is 9.59 Å². The predicted octanol–water partition coefficient (Wildman–Crippen LogP) is 0.933. The Labute approximate surface area is 154 Å². The van der Waals surface area contributed by atoms with Crippen molar-refractivity contribution in [2.75, 3.05) is 13.1 Å². The van der Waals surface area contributed by atoms with Crippen LogP contribution in [0.2, 0.25) is 0 Å². The van der Waals surface area contributed by atoms with Crippen molar-refractivity contribution in [2.24, 2.45) is 0 Å². The zero-order valence-corrected chi connectivity index (χ0v) is 15.7. The first-order valence-electron chi connectivity index (χ1n) is 9.06. The van der Waals surface area contributed by atoms with E-state index < -0.39 is 22.1 Å². The second-order valence-corrected chi connectivity index (χ2v) is 8.83. The fourth-order valence-electron chi connectivity index (χ4n) is 3.48. The first-order valence-corrected chi connectivity index (χ1v) is 10.5. The summed E-state index contributed by atoms with van der Waals surface area (Å²) in [5.41, 5.74) is 0.971. The molecule has 142 valence electrons. The summed E-state index contributed by atoms with van der Waals surface area (Å²) in [6.45, 7) is 2.81. The number of benzene rings is 1. The summed E-state index contributed by atoms with van der Waals surface area (Å²) in [6.07, 6.45) is 3.40. The van der Waals surface area contributed by atoms with E-state index in [2.05, 4.69) is 10.6 Å². The Kier molecular flexibility index (Phi) is 5.62. The summed E-state index contributed by atoms with van der Waals surface area (Å²) in [5.74, 6) is -0.581. The van der Waals surface area contributed by atoms with Gasteiger partial charge < -0.3 is 10.6 Å². The largest absolute Gasteiger partial charge is 0.354 e. The topological polar surface area (TPSA) is 95.6 Å². The molecule has 2 saturated heterocycles. The molecule has 0 radical (unpaired) electrons. The molecule has 2 aliphatic rings. The van der Waals surface area contributed by atoms with Crippen LogP contribution < -0.4 is 10.6 Å². The summed E-state index contributed by atoms with van der Waals surface area (Å²) in [5, 5.41) is 5.53. The summed E-state index contributed by atoms with van der Waals surface area (Å²) >= 11 is 0. The quantitative estimate of drug-likeness (QED) is 0.814. The van der Waals surface area contributed by atoms with Crippen molar-refractivity contribution in [1.29, 1.82) is 0 Å². The number of hydrogen-bond acceptors (Lipinski definition) is 4. The number of sulfonamides is 1. The molecule has 2 aliphatic heterocycles. The molecule has 1 aromatic rings. The van der Waals surface area contributed by atoms with E-state index in [1.807, 2.05) is 6.92 Å². The highest BCUT2D eigenvalue weighted by Gasteiger charge is 2.40. The number of rotatable bonds is 4. The Morgan fingerprint density at radius 2 is 1.88 bits per heavy atom. The van der Waals surface area contributed by atoms with Crippen molar-refractivity contribution in [3.05, 3.63) is 29.8 Å². The highest BCUT2D eigenvalue weighted by Crippen LogP contribution is 2.26. The molecule has 0 aromatic heterocycles. The van der Waals surface area contributed by atoms with Gasteiger partial charge in [-0.05, 0) is 51.2 Å². The fourth-order valence-corrected chi connectivity index (χ4v) is 5.14. The molecule has 2 fully saturated rings. The molecule has 0 spiro atoms. The van der Waals surface area contributed by atoms with Gasteiger partial charge in [-0.25, -0.2) is 8.42 Å². The van der Waals surface area contributed by atoms with Crippen LogP contribution in [0.5, 0.6) is 0 Å². The van der Waals surface area contributed by atoms with E-state index in [4.69, 9.17) is 0 Å². The van der Waals surface area contributed by atoms with E-state index in [-0.39, 0.29) is 16.7 Å². The highest BCUT2D eigenvalue weighted by atomic mass is 32.2. The zero-order valence-electron chi connectivity index (χ0n) is 14.9. The lowest BCUT2D eigenvalue weighted by Crippen LogP contribution is -2.52. The predicted molar refractivity (Wildman–Crippen MR) is 96.9 cm³/mol. The first-order chi connectivity index (χ1) is 12.4. The van der Waals surface area contributed by atoms with Crippen LogP contribution in [0.15, 0.2) is 29.2 Å². The molecule has 0 saturated carbocycles. The number of nitrogens with zero attached hydrogens (tertiary/aromatic N) is 1. The van der Waals surface area contributed by atoms with Gasteiger partial charge in [-0.2, -0.15) is 4.31 Å². The van der Waals surface area contributed by atoms with Crippen molar-refractivity contribution in [3.8, 4) is 0 Å². The van der Waals surface area contributed by atoms with Gasteiger partial charge in [0.25, 0.3) is 0 Å². The lowest BCUT2D eigenvalue weighted by molar-refractivity contribution is -0.130. The number of amides is 2. The lowest BCUT2D eigenvalue weighted by Gasteiger charge is -2.25. The summed E-state index contributed by atoms with van der Waals surface area (Å²) < 4.78 is 27.1. The van der Waals surface area contributed by atoms with E-state index in [9.17, 15) is 18.0 Å². The maximum atomic E-state index is 12.9. The smallest absolute Gasteiger partial charge is 0.243 e. The van der Waals surface area contributed by atoms with Gasteiger partial charge >= 0.3 is 0 Å². The summed E-state index contributed by atoms with van der Waals surface area (Å²) in [7, 11) is -3.74. The number of aryl methyl sites for hydroxylation is 1. The molecule has 8 heteroatoms. The minimum absolute atomic E-state index is 0.190. The fraction of sp³-hybridized carbons (Fsp3) is 0.556. The molecule has 0 aliphatic carbocycles. The van der Waals surface area contributed by atoms with Gasteiger partial charge in [0, 0.05) is 13.1 Å². The second kappa shape index (κ2) is 7.75. The van der Waals surface area contributed by atoms with Crippen LogP contribution in [0, 0.1) is 6.92 Å². The van der Waals surface area contributed by atoms with Crippen LogP contribution in [-0.4, -0.2) is 49.7 Å². The van der Waals surface area contributed by atoms with Crippen molar-refractivity contribution < 1.29 is 18.0 Å². The molecule has 2 atom stereocenters. The Morgan fingerprint density at radius 1 is 1.15 bits per heavy atom. The number of carbonyl (C=O) groups is 2. The van der Waals surface area contributed by atoms with Gasteiger partial charge in [-0.15, -0.1) is 0 Å². The average Bonchev–Trinajstić information content (AvgIpc) is 3.03. The van der Waals surface area contributed by atoms with Crippen molar-refractivity contribution in [2.45, 2.75) is 56.0 Å². The van der Waals surface area contributed by atoms with Crippen LogP contribution in [0.25, 0.3) is 0 Å². The normalized spacial score (nSPS) is 24.7. The van der Waals surface area contributed by atoms with Gasteiger partial charge in [0.15, 0.2) is 0 Å². The molecule has 2 N–H and O–H groups in total. The molecule has 1 aromatic carbocycles. The van der Waals surface area contributed by atoms with Crippen LogP contribution in [0.4, 0.5) is 0 Å². The number of nitrogens with one attached hydrogen (secondary N) is 2. The monoisotopic (exact) mass is 379 g/mol. The molecular formula is C18H25N3O4S. The van der Waals surface area contributed by atoms with Gasteiger partial charge in [0.2, 0.25) is 21.8 Å². The molecule has 1 unspecified atom stereocenters. The average molecular weight is 379 g/mol. The van der Waals surface area contributed by atoms with E-state index >= 15 is 0 Å². The lowest BCUT2D eigenvalue weighted by atomic mass is 10.1. The highest BCUT2D eigenvalue weighted by molar-refractivity contribution is 7.89. The van der Waals surface area contributed by atoms with Crippen LogP contribution >= 0.6 is 0 Å². The van der Waals surface area contributed by atoms with Gasteiger partial charge in [-0.1, -0.05) is 17.7 Å². The Hall–Kier alpha value is -1.93. The van der Waals surface area contributed by atoms with Gasteiger partial charge in [0.1, 0.15) is 12.1 Å². The zero-order chi connectivity index (χ0) is 18.7. The van der Waals surface area contributed by atoms with Gasteiger partial charge in [0.05, 0.1) is 4.90 Å². The SMILES string of the molecule is Cc1ccc(S(=O)(=O)N2CCC[C@H]2C(=O)NC2CCCCNC2=O)cc1. The van der Waals surface area contributed by atoms with E-state index in [1.54, 1.807) is 24.3 Å². The third-order valence-electron chi connectivity index (χ3n) is 4.99. The van der Waals surface area contributed by atoms with E-state index in [1.165, 1.54) is 4.31 Å². The van der Waals surface area contributed by atoms with Crippen LogP contribution in [0.3, 0.4) is 0 Å². The Balaban J connectivity index is 1.75. The molecule has 2 heterocycles. The van der Waals surface area contributed by atoms with Crippen molar-refractivity contribution >= 4 is 21.8 Å². The first kappa shape index (κ1) is 18.8. The minimum Gasteiger partial charge on any atom is -0.354 e. The minimum atomic E-state index is -3.74. The third-order valence-corrected chi connectivity index (χ3v) is 6.91. The number of carbonyl (C=O) groups excluding carboxylic acids is 2. The van der Waals surface area contributed by atoms with E-state index in [0.29, 0.717) is 32.4 Å². The third kappa shape index (κ3) is 3.91. The summed E-state index contributed by atoms with van der Waals surface area (Å²) in [6, 6.07) is 5.27. The second-order valence-electron chi connectivity index (χ2n) is 6.93. The standard InChI is InChI=1S/C18H25N3O4S/c1-13-7-9-14(10-8-13)26(24,25)21-12-4-6-16(21)18(23)20-15-5-2-3-11-19-17(15)22/h7-10,15-16H,2-6,11-12H2,1H3,(H,19,22)(H,20,23)/t15?,16-/m0/s1. The van der Waals surface area contributed by atoms with Crippen molar-refractivity contribution in [3.63, 3.8) is 0 Å². The molecule has 0 bridgehead atoms. The maximum Gasteiger partial charge on any atom is 0.243 e. The van der Waals surface area contributed by atoms with Crippen LogP contribution in [0.1, 0.15) is 37.7 Å². The van der Waals surface area contributed by atoms with Crippen LogP contribution in [-0.2, 0) is 19.6 Å². The Bertz CT molecular complexity index is 776. The molecule has 3 rings (SSSR count). The van der Waals surface area contributed by atoms with E-state index in [0.717, 1.165) is 18.4 Å². The maximum absolute atomic E-state index is 12.9.